The van der Waals surface area contributed by atoms with Gasteiger partial charge >= 0.3 is 0 Å². The van der Waals surface area contributed by atoms with Gasteiger partial charge in [-0.3, -0.25) is 20.4 Å². The molecule has 0 bridgehead atoms. The third-order valence-corrected chi connectivity index (χ3v) is 3.74. The maximum atomic E-state index is 12.0. The molecule has 7 heteroatoms. The molecule has 0 atom stereocenters. The minimum absolute atomic E-state index is 0.0318. The number of nitrogens with one attached hydrogen (secondary N) is 2. The molecule has 1 aliphatic rings. The summed E-state index contributed by atoms with van der Waals surface area (Å²) < 4.78 is 10.9. The van der Waals surface area contributed by atoms with Crippen LogP contribution in [0.2, 0.25) is 0 Å². The normalized spacial score (nSPS) is 13.6. The van der Waals surface area contributed by atoms with E-state index in [4.69, 9.17) is 9.47 Å². The lowest BCUT2D eigenvalue weighted by Crippen LogP contribution is -2.42. The van der Waals surface area contributed by atoms with Crippen molar-refractivity contribution in [2.45, 2.75) is 12.8 Å². The van der Waals surface area contributed by atoms with Gasteiger partial charge in [-0.05, 0) is 40.9 Å². The Morgan fingerprint density at radius 1 is 1.15 bits per heavy atom. The number of methoxy groups -OCH3 is 2. The zero-order valence-corrected chi connectivity index (χ0v) is 12.7. The minimum Gasteiger partial charge on any atom is -0.495 e. The first-order valence-electron chi connectivity index (χ1n) is 6.08. The van der Waals surface area contributed by atoms with Gasteiger partial charge in [-0.2, -0.15) is 0 Å². The quantitative estimate of drug-likeness (QED) is 0.815. The highest BCUT2D eigenvalue weighted by atomic mass is 79.9. The summed E-state index contributed by atoms with van der Waals surface area (Å²) in [6.07, 6.45) is 1.75. The van der Waals surface area contributed by atoms with Crippen molar-refractivity contribution in [2.75, 3.05) is 14.2 Å². The van der Waals surface area contributed by atoms with Crippen molar-refractivity contribution in [3.63, 3.8) is 0 Å². The van der Waals surface area contributed by atoms with Crippen LogP contribution in [0.3, 0.4) is 0 Å². The van der Waals surface area contributed by atoms with Gasteiger partial charge in [0.2, 0.25) is 5.91 Å². The van der Waals surface area contributed by atoms with Crippen LogP contribution in [0.4, 0.5) is 0 Å². The van der Waals surface area contributed by atoms with E-state index in [1.54, 1.807) is 12.1 Å². The van der Waals surface area contributed by atoms with Gasteiger partial charge < -0.3 is 9.47 Å². The number of halogens is 1. The number of rotatable bonds is 4. The monoisotopic (exact) mass is 342 g/mol. The summed E-state index contributed by atoms with van der Waals surface area (Å²) in [6, 6.07) is 3.12. The third kappa shape index (κ3) is 3.22. The standard InChI is InChI=1S/C13H15BrN2O4/c1-19-9-5-8(6-10(20-2)11(9)14)13(18)16-15-12(17)7-3-4-7/h5-7H,3-4H2,1-2H3,(H,15,17)(H,16,18). The molecule has 0 aliphatic heterocycles. The summed E-state index contributed by atoms with van der Waals surface area (Å²) in [5.41, 5.74) is 5.11. The van der Waals surface area contributed by atoms with E-state index in [9.17, 15) is 9.59 Å². The largest absolute Gasteiger partial charge is 0.495 e. The zero-order valence-electron chi connectivity index (χ0n) is 11.2. The highest BCUT2D eigenvalue weighted by Gasteiger charge is 2.29. The van der Waals surface area contributed by atoms with Crippen molar-refractivity contribution in [2.24, 2.45) is 5.92 Å². The van der Waals surface area contributed by atoms with E-state index < -0.39 is 5.91 Å². The van der Waals surface area contributed by atoms with Crippen LogP contribution in [-0.2, 0) is 4.79 Å². The molecule has 0 saturated heterocycles. The van der Waals surface area contributed by atoms with Crippen LogP contribution < -0.4 is 20.3 Å². The summed E-state index contributed by atoms with van der Waals surface area (Å²) in [6.45, 7) is 0. The molecule has 0 unspecified atom stereocenters. The molecule has 6 nitrogen and oxygen atoms in total. The number of amides is 2. The molecule has 0 heterocycles. The van der Waals surface area contributed by atoms with Crippen LogP contribution >= 0.6 is 15.9 Å². The fourth-order valence-electron chi connectivity index (χ4n) is 1.64. The number of ether oxygens (including phenoxy) is 2. The summed E-state index contributed by atoms with van der Waals surface area (Å²) in [7, 11) is 2.99. The van der Waals surface area contributed by atoms with E-state index in [0.717, 1.165) is 12.8 Å². The van der Waals surface area contributed by atoms with Gasteiger partial charge in [-0.25, -0.2) is 0 Å². The molecule has 108 valence electrons. The molecular formula is C13H15BrN2O4. The molecule has 1 aromatic carbocycles. The van der Waals surface area contributed by atoms with E-state index >= 15 is 0 Å². The summed E-state index contributed by atoms with van der Waals surface area (Å²) in [5, 5.41) is 0. The van der Waals surface area contributed by atoms with Crippen LogP contribution in [-0.4, -0.2) is 26.0 Å². The smallest absolute Gasteiger partial charge is 0.269 e. The second-order valence-electron chi connectivity index (χ2n) is 4.41. The molecular weight excluding hydrogens is 328 g/mol. The van der Waals surface area contributed by atoms with Crippen molar-refractivity contribution in [3.8, 4) is 11.5 Å². The average molecular weight is 343 g/mol. The second-order valence-corrected chi connectivity index (χ2v) is 5.21. The zero-order chi connectivity index (χ0) is 14.7. The number of carbonyl (C=O) groups excluding carboxylic acids is 2. The number of hydrogen-bond acceptors (Lipinski definition) is 4. The first kappa shape index (κ1) is 14.6. The SMILES string of the molecule is COc1cc(C(=O)NNC(=O)C2CC2)cc(OC)c1Br. The van der Waals surface area contributed by atoms with Crippen molar-refractivity contribution in [1.82, 2.24) is 10.9 Å². The molecule has 2 N–H and O–H groups in total. The van der Waals surface area contributed by atoms with Gasteiger partial charge in [-0.1, -0.05) is 0 Å². The molecule has 2 amide bonds. The number of hydrazine groups is 1. The maximum Gasteiger partial charge on any atom is 0.269 e. The van der Waals surface area contributed by atoms with Crippen LogP contribution in [0, 0.1) is 5.92 Å². The topological polar surface area (TPSA) is 76.7 Å². The molecule has 0 radical (unpaired) electrons. The van der Waals surface area contributed by atoms with Crippen LogP contribution in [0.1, 0.15) is 23.2 Å². The Bertz CT molecular complexity index is 518. The van der Waals surface area contributed by atoms with Crippen molar-refractivity contribution >= 4 is 27.7 Å². The minimum atomic E-state index is -0.428. The highest BCUT2D eigenvalue weighted by molar-refractivity contribution is 9.10. The molecule has 20 heavy (non-hydrogen) atoms. The van der Waals surface area contributed by atoms with E-state index in [1.165, 1.54) is 14.2 Å². The van der Waals surface area contributed by atoms with Gasteiger partial charge in [0.25, 0.3) is 5.91 Å². The Labute approximate surface area is 124 Å². The molecule has 0 spiro atoms. The van der Waals surface area contributed by atoms with E-state index in [-0.39, 0.29) is 11.8 Å². The van der Waals surface area contributed by atoms with Gasteiger partial charge in [0.05, 0.1) is 14.2 Å². The Morgan fingerprint density at radius 2 is 1.70 bits per heavy atom. The Kier molecular flexibility index (Phi) is 4.49. The number of carbonyl (C=O) groups is 2. The van der Waals surface area contributed by atoms with Gasteiger partial charge in [-0.15, -0.1) is 0 Å². The van der Waals surface area contributed by atoms with Crippen molar-refractivity contribution < 1.29 is 19.1 Å². The molecule has 1 aromatic rings. The first-order chi connectivity index (χ1) is 9.56. The summed E-state index contributed by atoms with van der Waals surface area (Å²) >= 11 is 3.32. The Balaban J connectivity index is 2.10. The third-order valence-electron chi connectivity index (χ3n) is 2.96. The van der Waals surface area contributed by atoms with E-state index in [2.05, 4.69) is 26.8 Å². The number of benzene rings is 1. The predicted molar refractivity (Wildman–Crippen MR) is 75.6 cm³/mol. The van der Waals surface area contributed by atoms with Gasteiger partial charge in [0.1, 0.15) is 16.0 Å². The fraction of sp³-hybridized carbons (Fsp3) is 0.385. The lowest BCUT2D eigenvalue weighted by Gasteiger charge is -2.12. The fourth-order valence-corrected chi connectivity index (χ4v) is 2.19. The highest BCUT2D eigenvalue weighted by Crippen LogP contribution is 2.35. The van der Waals surface area contributed by atoms with Crippen LogP contribution in [0.15, 0.2) is 16.6 Å². The molecule has 0 aromatic heterocycles. The van der Waals surface area contributed by atoms with Crippen LogP contribution in [0.25, 0.3) is 0 Å². The number of hydrogen-bond donors (Lipinski definition) is 2. The first-order valence-corrected chi connectivity index (χ1v) is 6.87. The molecule has 1 aliphatic carbocycles. The molecule has 1 fully saturated rings. The summed E-state index contributed by atoms with van der Waals surface area (Å²) in [4.78, 5) is 23.4. The predicted octanol–water partition coefficient (Wildman–Crippen LogP) is 1.64. The average Bonchev–Trinajstić information content (AvgIpc) is 3.29. The van der Waals surface area contributed by atoms with E-state index in [0.29, 0.717) is 21.5 Å². The second kappa shape index (κ2) is 6.13. The maximum absolute atomic E-state index is 12.0. The molecule has 2 rings (SSSR count). The lowest BCUT2D eigenvalue weighted by atomic mass is 10.2. The van der Waals surface area contributed by atoms with Gasteiger partial charge in [0, 0.05) is 11.5 Å². The van der Waals surface area contributed by atoms with Crippen molar-refractivity contribution in [1.29, 1.82) is 0 Å². The van der Waals surface area contributed by atoms with Gasteiger partial charge in [0.15, 0.2) is 0 Å². The van der Waals surface area contributed by atoms with Crippen LogP contribution in [0.5, 0.6) is 11.5 Å². The summed E-state index contributed by atoms with van der Waals surface area (Å²) in [5.74, 6) is 0.396. The Hall–Kier alpha value is -1.76. The van der Waals surface area contributed by atoms with Crippen molar-refractivity contribution in [3.05, 3.63) is 22.2 Å². The molecule has 1 saturated carbocycles. The Morgan fingerprint density at radius 3 is 2.15 bits per heavy atom. The van der Waals surface area contributed by atoms with E-state index in [1.807, 2.05) is 0 Å². The lowest BCUT2D eigenvalue weighted by molar-refractivity contribution is -0.123.